The van der Waals surface area contributed by atoms with E-state index in [2.05, 4.69) is 0 Å². The highest BCUT2D eigenvalue weighted by Crippen LogP contribution is 2.31. The van der Waals surface area contributed by atoms with E-state index in [0.717, 1.165) is 0 Å². The maximum atomic E-state index is 12.2. The van der Waals surface area contributed by atoms with E-state index in [1.54, 1.807) is 36.4 Å². The smallest absolute Gasteiger partial charge is 0.313 e. The van der Waals surface area contributed by atoms with Gasteiger partial charge in [0, 0.05) is 23.6 Å². The minimum absolute atomic E-state index is 0.0931. The minimum atomic E-state index is -0.857. The lowest BCUT2D eigenvalue weighted by Crippen LogP contribution is -2.17. The molecular formula is C18H17NO5. The highest BCUT2D eigenvalue weighted by molar-refractivity contribution is 5.96. The molecule has 0 aromatic heterocycles. The molecule has 2 aromatic rings. The van der Waals surface area contributed by atoms with Gasteiger partial charge in [0.15, 0.2) is 5.78 Å². The molecule has 0 fully saturated rings. The fourth-order valence-corrected chi connectivity index (χ4v) is 2.53. The fourth-order valence-electron chi connectivity index (χ4n) is 2.53. The summed E-state index contributed by atoms with van der Waals surface area (Å²) in [5.74, 6) is -1.57. The topological polar surface area (TPSA) is 86.5 Å². The van der Waals surface area contributed by atoms with Crippen LogP contribution in [0, 0.1) is 10.1 Å². The van der Waals surface area contributed by atoms with Crippen molar-refractivity contribution in [2.45, 2.75) is 18.8 Å². The molecule has 2 aromatic carbocycles. The molecule has 0 aliphatic heterocycles. The SMILES string of the molecule is COC(=O)C(CCC(=O)c1ccccc1)c1ccccc1[N+](=O)[O-]. The molecule has 0 N–H and O–H groups in total. The number of hydrogen-bond donors (Lipinski definition) is 0. The zero-order chi connectivity index (χ0) is 17.5. The Bertz CT molecular complexity index is 742. The molecule has 0 amide bonds. The molecule has 0 bridgehead atoms. The maximum Gasteiger partial charge on any atom is 0.313 e. The number of Topliss-reactive ketones (excluding diaryl/α,β-unsaturated/α-hetero) is 1. The van der Waals surface area contributed by atoms with Crippen LogP contribution in [0.1, 0.15) is 34.7 Å². The van der Waals surface area contributed by atoms with Gasteiger partial charge in [-0.1, -0.05) is 48.5 Å². The number of ketones is 1. The first-order valence-electron chi connectivity index (χ1n) is 7.44. The van der Waals surface area contributed by atoms with E-state index in [4.69, 9.17) is 4.74 Å². The summed E-state index contributed by atoms with van der Waals surface area (Å²) in [7, 11) is 1.23. The molecule has 6 heteroatoms. The highest BCUT2D eigenvalue weighted by atomic mass is 16.6. The number of rotatable bonds is 7. The zero-order valence-corrected chi connectivity index (χ0v) is 13.2. The molecule has 0 aliphatic carbocycles. The number of ether oxygens (including phenoxy) is 1. The van der Waals surface area contributed by atoms with Gasteiger partial charge in [0.05, 0.1) is 18.0 Å². The number of carbonyl (C=O) groups is 2. The maximum absolute atomic E-state index is 12.2. The van der Waals surface area contributed by atoms with E-state index < -0.39 is 16.8 Å². The van der Waals surface area contributed by atoms with Crippen molar-refractivity contribution in [2.24, 2.45) is 0 Å². The van der Waals surface area contributed by atoms with E-state index in [-0.39, 0.29) is 29.9 Å². The normalized spacial score (nSPS) is 11.5. The Labute approximate surface area is 139 Å². The molecule has 0 spiro atoms. The lowest BCUT2D eigenvalue weighted by molar-refractivity contribution is -0.385. The molecule has 24 heavy (non-hydrogen) atoms. The summed E-state index contributed by atoms with van der Waals surface area (Å²) >= 11 is 0. The minimum Gasteiger partial charge on any atom is -0.469 e. The average Bonchev–Trinajstić information content (AvgIpc) is 2.62. The molecule has 1 atom stereocenters. The number of esters is 1. The van der Waals surface area contributed by atoms with Crippen LogP contribution in [0.25, 0.3) is 0 Å². The van der Waals surface area contributed by atoms with Crippen LogP contribution in [0.5, 0.6) is 0 Å². The molecule has 1 unspecified atom stereocenters. The number of hydrogen-bond acceptors (Lipinski definition) is 5. The van der Waals surface area contributed by atoms with Crippen LogP contribution in [0.4, 0.5) is 5.69 Å². The standard InChI is InChI=1S/C18H17NO5/c1-24-18(21)15(14-9-5-6-10-16(14)19(22)23)11-12-17(20)13-7-3-2-4-8-13/h2-10,15H,11-12H2,1H3. The second-order valence-corrected chi connectivity index (χ2v) is 5.22. The van der Waals surface area contributed by atoms with Crippen molar-refractivity contribution in [1.29, 1.82) is 0 Å². The Morgan fingerprint density at radius 1 is 1.08 bits per heavy atom. The van der Waals surface area contributed by atoms with Crippen molar-refractivity contribution in [1.82, 2.24) is 0 Å². The van der Waals surface area contributed by atoms with E-state index in [1.807, 2.05) is 0 Å². The van der Waals surface area contributed by atoms with Crippen molar-refractivity contribution in [2.75, 3.05) is 7.11 Å². The summed E-state index contributed by atoms with van der Waals surface area (Å²) in [5, 5.41) is 11.2. The van der Waals surface area contributed by atoms with Crippen LogP contribution in [0.2, 0.25) is 0 Å². The van der Waals surface area contributed by atoms with Gasteiger partial charge in [-0.3, -0.25) is 19.7 Å². The number of nitro groups is 1. The third kappa shape index (κ3) is 4.04. The van der Waals surface area contributed by atoms with Crippen molar-refractivity contribution in [3.63, 3.8) is 0 Å². The van der Waals surface area contributed by atoms with Crippen LogP contribution in [0.3, 0.4) is 0 Å². The van der Waals surface area contributed by atoms with Crippen molar-refractivity contribution >= 4 is 17.4 Å². The highest BCUT2D eigenvalue weighted by Gasteiger charge is 2.29. The molecular weight excluding hydrogens is 310 g/mol. The average molecular weight is 327 g/mol. The van der Waals surface area contributed by atoms with Gasteiger partial charge in [-0.2, -0.15) is 0 Å². The number of carbonyl (C=O) groups excluding carboxylic acids is 2. The van der Waals surface area contributed by atoms with E-state index in [0.29, 0.717) is 5.56 Å². The van der Waals surface area contributed by atoms with Crippen molar-refractivity contribution < 1.29 is 19.2 Å². The summed E-state index contributed by atoms with van der Waals surface area (Å²) in [6.45, 7) is 0. The molecule has 0 heterocycles. The summed E-state index contributed by atoms with van der Waals surface area (Å²) in [6, 6.07) is 14.7. The van der Waals surface area contributed by atoms with E-state index in [1.165, 1.54) is 25.3 Å². The Hall–Kier alpha value is -3.02. The first kappa shape index (κ1) is 17.3. The van der Waals surface area contributed by atoms with Crippen molar-refractivity contribution in [3.8, 4) is 0 Å². The van der Waals surface area contributed by atoms with Gasteiger partial charge in [0.1, 0.15) is 0 Å². The predicted octanol–water partition coefficient (Wildman–Crippen LogP) is 3.51. The molecule has 0 saturated carbocycles. The lowest BCUT2D eigenvalue weighted by Gasteiger charge is -2.14. The third-order valence-electron chi connectivity index (χ3n) is 3.75. The first-order chi connectivity index (χ1) is 11.5. The molecule has 2 rings (SSSR count). The number of benzene rings is 2. The Morgan fingerprint density at radius 2 is 1.71 bits per heavy atom. The second-order valence-electron chi connectivity index (χ2n) is 5.22. The third-order valence-corrected chi connectivity index (χ3v) is 3.75. The van der Waals surface area contributed by atoms with Crippen LogP contribution >= 0.6 is 0 Å². The Kier molecular flexibility index (Phi) is 5.78. The monoisotopic (exact) mass is 327 g/mol. The first-order valence-corrected chi connectivity index (χ1v) is 7.44. The number of para-hydroxylation sites is 1. The van der Waals surface area contributed by atoms with Crippen LogP contribution < -0.4 is 0 Å². The van der Waals surface area contributed by atoms with Crippen LogP contribution in [0.15, 0.2) is 54.6 Å². The summed E-state index contributed by atoms with van der Waals surface area (Å²) < 4.78 is 4.77. The Balaban J connectivity index is 2.23. The molecule has 0 aliphatic rings. The molecule has 0 saturated heterocycles. The largest absolute Gasteiger partial charge is 0.469 e. The van der Waals surface area contributed by atoms with Crippen LogP contribution in [-0.4, -0.2) is 23.8 Å². The van der Waals surface area contributed by atoms with E-state index >= 15 is 0 Å². The Morgan fingerprint density at radius 3 is 2.33 bits per heavy atom. The van der Waals surface area contributed by atoms with Gasteiger partial charge < -0.3 is 4.74 Å². The fraction of sp³-hybridized carbons (Fsp3) is 0.222. The number of nitrogens with zero attached hydrogens (tertiary/aromatic N) is 1. The summed E-state index contributed by atoms with van der Waals surface area (Å²) in [5.41, 5.74) is 0.652. The molecule has 6 nitrogen and oxygen atoms in total. The summed E-state index contributed by atoms with van der Waals surface area (Å²) in [4.78, 5) is 35.0. The van der Waals surface area contributed by atoms with Gasteiger partial charge in [-0.05, 0) is 6.42 Å². The van der Waals surface area contributed by atoms with Gasteiger partial charge in [0.2, 0.25) is 0 Å². The van der Waals surface area contributed by atoms with Gasteiger partial charge >= 0.3 is 5.97 Å². The summed E-state index contributed by atoms with van der Waals surface area (Å²) in [6.07, 6.45) is 0.237. The van der Waals surface area contributed by atoms with Crippen molar-refractivity contribution in [3.05, 3.63) is 75.8 Å². The molecule has 124 valence electrons. The number of methoxy groups -OCH3 is 1. The predicted molar refractivity (Wildman–Crippen MR) is 87.9 cm³/mol. The molecule has 0 radical (unpaired) electrons. The number of nitro benzene ring substituents is 1. The zero-order valence-electron chi connectivity index (χ0n) is 13.2. The van der Waals surface area contributed by atoms with Gasteiger partial charge in [0.25, 0.3) is 5.69 Å². The van der Waals surface area contributed by atoms with Crippen LogP contribution in [-0.2, 0) is 9.53 Å². The van der Waals surface area contributed by atoms with E-state index in [9.17, 15) is 19.7 Å². The van der Waals surface area contributed by atoms with Gasteiger partial charge in [-0.25, -0.2) is 0 Å². The lowest BCUT2D eigenvalue weighted by atomic mass is 9.91. The van der Waals surface area contributed by atoms with Gasteiger partial charge in [-0.15, -0.1) is 0 Å². The second kappa shape index (κ2) is 8.01. The quantitative estimate of drug-likeness (QED) is 0.336.